The van der Waals surface area contributed by atoms with Crippen LogP contribution < -0.4 is 0 Å². The minimum Gasteiger partial charge on any atom is -0.305 e. The van der Waals surface area contributed by atoms with Gasteiger partial charge in [-0.2, -0.15) is 15.8 Å². The minimum absolute atomic E-state index is 0.0654. The lowest BCUT2D eigenvalue weighted by atomic mass is 9.51. The van der Waals surface area contributed by atoms with Crippen molar-refractivity contribution in [1.29, 1.82) is 21.2 Å². The Balaban J connectivity index is 2.26. The molecule has 0 saturated heterocycles. The molecule has 0 bridgehead atoms. The average Bonchev–Trinajstić information content (AvgIpc) is 2.66. The van der Waals surface area contributed by atoms with Crippen molar-refractivity contribution in [2.45, 2.75) is 39.5 Å². The number of nitriles is 3. The molecule has 0 aromatic heterocycles. The van der Waals surface area contributed by atoms with E-state index in [1.807, 2.05) is 12.1 Å². The van der Waals surface area contributed by atoms with Gasteiger partial charge in [-0.15, -0.1) is 0 Å². The van der Waals surface area contributed by atoms with Gasteiger partial charge >= 0.3 is 0 Å². The molecule has 1 N–H and O–H groups in total. The maximum atomic E-state index is 10.1. The van der Waals surface area contributed by atoms with Gasteiger partial charge in [0.2, 0.25) is 0 Å². The molecule has 0 spiro atoms. The van der Waals surface area contributed by atoms with E-state index in [1.165, 1.54) is 0 Å². The van der Waals surface area contributed by atoms with Crippen molar-refractivity contribution in [1.82, 2.24) is 0 Å². The van der Waals surface area contributed by atoms with Crippen LogP contribution in [0.2, 0.25) is 5.02 Å². The smallest absolute Gasteiger partial charge is 0.189 e. The predicted octanol–water partition coefficient (Wildman–Crippen LogP) is 5.63. The highest BCUT2D eigenvalue weighted by Crippen LogP contribution is 2.57. The SMILES string of the molecule is CC(C)(C)[C@H]1CC=C2C(C#N)C(=N)C(C#N)(C#N)[C@@H](c3cccc(Cl)c3)[C@@H]2C1. The maximum Gasteiger partial charge on any atom is 0.189 e. The Bertz CT molecular complexity index is 950. The van der Waals surface area contributed by atoms with Crippen molar-refractivity contribution >= 4 is 17.3 Å². The topological polar surface area (TPSA) is 95.2 Å². The number of halogens is 1. The molecule has 1 aromatic rings. The fourth-order valence-electron chi connectivity index (χ4n) is 4.81. The summed E-state index contributed by atoms with van der Waals surface area (Å²) in [5.74, 6) is -1.12. The normalized spacial score (nSPS) is 28.9. The average molecular weight is 391 g/mol. The summed E-state index contributed by atoms with van der Waals surface area (Å²) in [7, 11) is 0. The Kier molecular flexibility index (Phi) is 5.10. The quantitative estimate of drug-likeness (QED) is 0.629. The summed E-state index contributed by atoms with van der Waals surface area (Å²) in [5, 5.41) is 39.1. The molecule has 0 aliphatic heterocycles. The summed E-state index contributed by atoms with van der Waals surface area (Å²) in [5.41, 5.74) is -0.0500. The molecule has 2 aliphatic carbocycles. The second kappa shape index (κ2) is 7.09. The van der Waals surface area contributed by atoms with Gasteiger partial charge in [0.15, 0.2) is 5.41 Å². The van der Waals surface area contributed by atoms with E-state index in [9.17, 15) is 15.8 Å². The predicted molar refractivity (Wildman–Crippen MR) is 108 cm³/mol. The van der Waals surface area contributed by atoms with Gasteiger partial charge < -0.3 is 5.41 Å². The number of nitrogens with zero attached hydrogens (tertiary/aromatic N) is 3. The lowest BCUT2D eigenvalue weighted by Gasteiger charge is -2.49. The van der Waals surface area contributed by atoms with Crippen molar-refractivity contribution in [2.24, 2.45) is 28.6 Å². The molecule has 2 aliphatic rings. The van der Waals surface area contributed by atoms with Gasteiger partial charge in [0.25, 0.3) is 0 Å². The number of hydrogen-bond acceptors (Lipinski definition) is 4. The van der Waals surface area contributed by atoms with Crippen molar-refractivity contribution < 1.29 is 0 Å². The van der Waals surface area contributed by atoms with Crippen LogP contribution in [0.15, 0.2) is 35.9 Å². The van der Waals surface area contributed by atoms with E-state index in [-0.39, 0.29) is 17.0 Å². The summed E-state index contributed by atoms with van der Waals surface area (Å²) < 4.78 is 0. The molecule has 0 heterocycles. The molecule has 5 heteroatoms. The van der Waals surface area contributed by atoms with Gasteiger partial charge in [-0.3, -0.25) is 0 Å². The van der Waals surface area contributed by atoms with Crippen LogP contribution in [0.5, 0.6) is 0 Å². The molecule has 142 valence electrons. The zero-order valence-corrected chi connectivity index (χ0v) is 17.1. The third kappa shape index (κ3) is 3.01. The van der Waals surface area contributed by atoms with Crippen LogP contribution in [-0.4, -0.2) is 5.71 Å². The summed E-state index contributed by atoms with van der Waals surface area (Å²) in [6.45, 7) is 6.58. The largest absolute Gasteiger partial charge is 0.305 e. The molecule has 0 radical (unpaired) electrons. The monoisotopic (exact) mass is 390 g/mol. The lowest BCUT2D eigenvalue weighted by molar-refractivity contribution is 0.168. The van der Waals surface area contributed by atoms with Crippen molar-refractivity contribution in [3.05, 3.63) is 46.5 Å². The third-order valence-electron chi connectivity index (χ3n) is 6.43. The summed E-state index contributed by atoms with van der Waals surface area (Å²) >= 11 is 6.23. The van der Waals surface area contributed by atoms with E-state index in [0.29, 0.717) is 10.9 Å². The second-order valence-electron chi connectivity index (χ2n) is 8.89. The molecule has 0 amide bonds. The van der Waals surface area contributed by atoms with Crippen LogP contribution in [0.4, 0.5) is 0 Å². The van der Waals surface area contributed by atoms with Gasteiger partial charge in [0.05, 0.1) is 23.9 Å². The Morgan fingerprint density at radius 3 is 2.39 bits per heavy atom. The van der Waals surface area contributed by atoms with Gasteiger partial charge in [0, 0.05) is 10.9 Å². The van der Waals surface area contributed by atoms with Gasteiger partial charge in [-0.1, -0.05) is 50.6 Å². The standard InChI is InChI=1S/C23H23ClN4/c1-22(2,3)15-7-8-17-18(10-15)20(14-5-4-6-16(24)9-14)23(12-26,13-27)21(28)19(17)11-25/h4-6,8-9,15,18-20,28H,7,10H2,1-3H3/t15-,18+,19?,20-/m0/s1. The molecular formula is C23H23ClN4. The number of rotatable bonds is 1. The molecular weight excluding hydrogens is 368 g/mol. The number of hydrogen-bond donors (Lipinski definition) is 1. The molecule has 1 unspecified atom stereocenters. The number of benzene rings is 1. The fourth-order valence-corrected chi connectivity index (χ4v) is 5.00. The molecule has 1 saturated carbocycles. The number of fused-ring (bicyclic) bond motifs is 1. The highest BCUT2D eigenvalue weighted by atomic mass is 35.5. The first-order valence-corrected chi connectivity index (χ1v) is 9.83. The highest BCUT2D eigenvalue weighted by molar-refractivity contribution is 6.30. The van der Waals surface area contributed by atoms with Gasteiger partial charge in [-0.25, -0.2) is 0 Å². The summed E-state index contributed by atoms with van der Waals surface area (Å²) in [6, 6.07) is 13.7. The third-order valence-corrected chi connectivity index (χ3v) is 6.67. The van der Waals surface area contributed by atoms with Crippen LogP contribution in [0.3, 0.4) is 0 Å². The van der Waals surface area contributed by atoms with Crippen molar-refractivity contribution in [2.75, 3.05) is 0 Å². The molecule has 4 nitrogen and oxygen atoms in total. The Hall–Kier alpha value is -2.61. The number of allylic oxidation sites excluding steroid dienone is 2. The first-order valence-electron chi connectivity index (χ1n) is 9.46. The van der Waals surface area contributed by atoms with E-state index in [2.05, 4.69) is 45.1 Å². The van der Waals surface area contributed by atoms with Crippen molar-refractivity contribution in [3.8, 4) is 18.2 Å². The summed E-state index contributed by atoms with van der Waals surface area (Å²) in [6.07, 6.45) is 3.71. The highest BCUT2D eigenvalue weighted by Gasteiger charge is 2.58. The minimum atomic E-state index is -1.67. The van der Waals surface area contributed by atoms with Crippen LogP contribution >= 0.6 is 11.6 Å². The molecule has 1 aromatic carbocycles. The van der Waals surface area contributed by atoms with E-state index in [1.54, 1.807) is 12.1 Å². The van der Waals surface area contributed by atoms with E-state index in [0.717, 1.165) is 24.0 Å². The zero-order valence-electron chi connectivity index (χ0n) is 16.3. The first-order chi connectivity index (χ1) is 13.2. The Labute approximate surface area is 171 Å². The first kappa shape index (κ1) is 20.1. The van der Waals surface area contributed by atoms with Crippen molar-refractivity contribution in [3.63, 3.8) is 0 Å². The van der Waals surface area contributed by atoms with E-state index < -0.39 is 17.3 Å². The van der Waals surface area contributed by atoms with E-state index in [4.69, 9.17) is 17.0 Å². The van der Waals surface area contributed by atoms with Crippen LogP contribution in [-0.2, 0) is 0 Å². The van der Waals surface area contributed by atoms with Crippen LogP contribution in [0.1, 0.15) is 45.1 Å². The van der Waals surface area contributed by atoms with Crippen LogP contribution in [0.25, 0.3) is 0 Å². The van der Waals surface area contributed by atoms with Gasteiger partial charge in [-0.05, 0) is 53.4 Å². The van der Waals surface area contributed by atoms with Gasteiger partial charge in [0.1, 0.15) is 5.92 Å². The Morgan fingerprint density at radius 2 is 1.86 bits per heavy atom. The maximum absolute atomic E-state index is 10.1. The molecule has 1 fully saturated rings. The number of nitrogens with one attached hydrogen (secondary N) is 1. The second-order valence-corrected chi connectivity index (χ2v) is 9.32. The van der Waals surface area contributed by atoms with Crippen LogP contribution in [0, 0.1) is 68.0 Å². The summed E-state index contributed by atoms with van der Waals surface area (Å²) in [4.78, 5) is 0. The molecule has 4 atom stereocenters. The molecule has 3 rings (SSSR count). The lowest BCUT2D eigenvalue weighted by Crippen LogP contribution is -2.50. The molecule has 28 heavy (non-hydrogen) atoms. The fraction of sp³-hybridized carbons (Fsp3) is 0.478. The van der Waals surface area contributed by atoms with E-state index >= 15 is 0 Å². The Morgan fingerprint density at radius 1 is 1.18 bits per heavy atom. The zero-order chi connectivity index (χ0) is 20.7.